The maximum absolute atomic E-state index is 13.1. The quantitative estimate of drug-likeness (QED) is 0.373. The van der Waals surface area contributed by atoms with Crippen molar-refractivity contribution in [3.8, 4) is 11.5 Å². The first kappa shape index (κ1) is 23.5. The lowest BCUT2D eigenvalue weighted by Crippen LogP contribution is -2.30. The number of nitrogens with one attached hydrogen (secondary N) is 1. The molecule has 0 saturated carbocycles. The van der Waals surface area contributed by atoms with Gasteiger partial charge in [-0.3, -0.25) is 9.69 Å². The fraction of sp³-hybridized carbons (Fsp3) is 0.115. The number of carbonyl (C=O) groups is 3. The lowest BCUT2D eigenvalue weighted by atomic mass is 10.1. The van der Waals surface area contributed by atoms with Crippen molar-refractivity contribution >= 4 is 24.0 Å². The van der Waals surface area contributed by atoms with E-state index in [-0.39, 0.29) is 24.4 Å². The Hall–Kier alpha value is -4.66. The van der Waals surface area contributed by atoms with Crippen LogP contribution in [0.5, 0.6) is 11.5 Å². The molecule has 0 unspecified atom stereocenters. The summed E-state index contributed by atoms with van der Waals surface area (Å²) in [4.78, 5) is 37.1. The minimum atomic E-state index is -1.00. The van der Waals surface area contributed by atoms with Gasteiger partial charge < -0.3 is 19.9 Å². The van der Waals surface area contributed by atoms with Crippen molar-refractivity contribution in [3.63, 3.8) is 0 Å². The molecule has 0 aromatic heterocycles. The summed E-state index contributed by atoms with van der Waals surface area (Å²) < 4.78 is 24.3. The Morgan fingerprint density at radius 3 is 2.34 bits per heavy atom. The Bertz CT molecular complexity index is 1300. The van der Waals surface area contributed by atoms with E-state index in [9.17, 15) is 18.8 Å². The molecule has 1 fully saturated rings. The highest BCUT2D eigenvalue weighted by molar-refractivity contribution is 6.13. The van der Waals surface area contributed by atoms with Gasteiger partial charge in [0.15, 0.2) is 11.5 Å². The summed E-state index contributed by atoms with van der Waals surface area (Å²) >= 11 is 0. The van der Waals surface area contributed by atoms with Gasteiger partial charge in [-0.15, -0.1) is 0 Å². The zero-order valence-electron chi connectivity index (χ0n) is 18.7. The van der Waals surface area contributed by atoms with Gasteiger partial charge in [0.2, 0.25) is 0 Å². The number of rotatable bonds is 8. The minimum absolute atomic E-state index is 0.0197. The molecular formula is C26H21FN2O6. The molecule has 1 aliphatic heterocycles. The predicted octanol–water partition coefficient (Wildman–Crippen LogP) is 4.20. The highest BCUT2D eigenvalue weighted by Gasteiger charge is 2.33. The van der Waals surface area contributed by atoms with Gasteiger partial charge in [-0.1, -0.05) is 30.3 Å². The molecule has 35 heavy (non-hydrogen) atoms. The molecule has 178 valence electrons. The van der Waals surface area contributed by atoms with Gasteiger partial charge >= 0.3 is 12.0 Å². The molecule has 3 amide bonds. The smallest absolute Gasteiger partial charge is 0.335 e. The third kappa shape index (κ3) is 5.47. The van der Waals surface area contributed by atoms with Crippen molar-refractivity contribution in [2.24, 2.45) is 0 Å². The molecule has 1 saturated heterocycles. The molecule has 8 nitrogen and oxygen atoms in total. The maximum Gasteiger partial charge on any atom is 0.335 e. The number of hydrogen-bond acceptors (Lipinski definition) is 5. The summed E-state index contributed by atoms with van der Waals surface area (Å²) in [6.45, 7) is 0.218. The zero-order valence-corrected chi connectivity index (χ0v) is 18.7. The van der Waals surface area contributed by atoms with Crippen molar-refractivity contribution < 1.29 is 33.4 Å². The molecule has 3 aromatic carbocycles. The summed E-state index contributed by atoms with van der Waals surface area (Å²) in [7, 11) is 1.48. The van der Waals surface area contributed by atoms with Gasteiger partial charge in [-0.25, -0.2) is 14.0 Å². The third-order valence-corrected chi connectivity index (χ3v) is 5.31. The summed E-state index contributed by atoms with van der Waals surface area (Å²) in [6, 6.07) is 16.4. The second-order valence-electron chi connectivity index (χ2n) is 7.71. The van der Waals surface area contributed by atoms with Crippen molar-refractivity contribution in [2.45, 2.75) is 13.2 Å². The molecule has 2 N–H and O–H groups in total. The fourth-order valence-electron chi connectivity index (χ4n) is 3.45. The van der Waals surface area contributed by atoms with Crippen LogP contribution in [-0.4, -0.2) is 35.0 Å². The van der Waals surface area contributed by atoms with Crippen LogP contribution in [-0.2, 0) is 17.9 Å². The van der Waals surface area contributed by atoms with Crippen molar-refractivity contribution in [2.75, 3.05) is 7.11 Å². The Labute approximate surface area is 200 Å². The van der Waals surface area contributed by atoms with Crippen molar-refractivity contribution in [1.29, 1.82) is 0 Å². The monoisotopic (exact) mass is 476 g/mol. The van der Waals surface area contributed by atoms with Crippen molar-refractivity contribution in [3.05, 3.63) is 100 Å². The number of halogens is 1. The molecule has 0 aliphatic carbocycles. The zero-order chi connectivity index (χ0) is 24.9. The van der Waals surface area contributed by atoms with Gasteiger partial charge in [0.25, 0.3) is 5.91 Å². The van der Waals surface area contributed by atoms with E-state index >= 15 is 0 Å². The highest BCUT2D eigenvalue weighted by Crippen LogP contribution is 2.30. The topological polar surface area (TPSA) is 105 Å². The number of carbonyl (C=O) groups excluding carboxylic acids is 2. The molecule has 0 spiro atoms. The van der Waals surface area contributed by atoms with Crippen LogP contribution in [0.2, 0.25) is 0 Å². The van der Waals surface area contributed by atoms with Gasteiger partial charge in [0, 0.05) is 0 Å². The second kappa shape index (κ2) is 10.1. The van der Waals surface area contributed by atoms with E-state index in [1.165, 1.54) is 49.6 Å². The molecule has 3 aromatic rings. The number of ether oxygens (including phenoxy) is 2. The predicted molar refractivity (Wildman–Crippen MR) is 124 cm³/mol. The number of methoxy groups -OCH3 is 1. The van der Waals surface area contributed by atoms with E-state index in [0.29, 0.717) is 22.6 Å². The number of aromatic carboxylic acids is 1. The number of urea groups is 1. The largest absolute Gasteiger partial charge is 0.493 e. The molecule has 4 rings (SSSR count). The van der Waals surface area contributed by atoms with Crippen LogP contribution in [0.15, 0.2) is 72.4 Å². The first-order chi connectivity index (χ1) is 16.8. The van der Waals surface area contributed by atoms with Gasteiger partial charge in [-0.2, -0.15) is 0 Å². The minimum Gasteiger partial charge on any atom is -0.493 e. The summed E-state index contributed by atoms with van der Waals surface area (Å²) in [5.41, 5.74) is 2.30. The second-order valence-corrected chi connectivity index (χ2v) is 7.71. The number of carboxylic acid groups (broad SMARTS) is 1. The molecule has 9 heteroatoms. The summed E-state index contributed by atoms with van der Waals surface area (Å²) in [6.07, 6.45) is 1.53. The summed E-state index contributed by atoms with van der Waals surface area (Å²) in [5, 5.41) is 11.5. The number of benzene rings is 3. The van der Waals surface area contributed by atoms with Crippen LogP contribution >= 0.6 is 0 Å². The van der Waals surface area contributed by atoms with Crippen molar-refractivity contribution in [1.82, 2.24) is 10.2 Å². The molecule has 1 heterocycles. The Morgan fingerprint density at radius 2 is 1.69 bits per heavy atom. The van der Waals surface area contributed by atoms with Crippen LogP contribution in [0.3, 0.4) is 0 Å². The lowest BCUT2D eigenvalue weighted by molar-refractivity contribution is -0.123. The Kier molecular flexibility index (Phi) is 6.77. The highest BCUT2D eigenvalue weighted by atomic mass is 19.1. The normalized spacial score (nSPS) is 14.2. The summed E-state index contributed by atoms with van der Waals surface area (Å²) in [5.74, 6) is -1.02. The fourth-order valence-corrected chi connectivity index (χ4v) is 3.45. The standard InChI is InChI=1S/C26H21FN2O6/c1-34-23-13-18(6-11-22(23)35-15-17-2-7-19(8-3-17)25(31)32)12-21-24(30)29(26(33)28-21)14-16-4-9-20(27)10-5-16/h2-13H,14-15H2,1H3,(H,28,33)(H,31,32)/b21-12+. The molecule has 0 atom stereocenters. The SMILES string of the molecule is COc1cc(/C=C2/NC(=O)N(Cc3ccc(F)cc3)C2=O)ccc1OCc1ccc(C(=O)O)cc1. The van der Waals surface area contributed by atoms with E-state index in [4.69, 9.17) is 14.6 Å². The van der Waals surface area contributed by atoms with Crippen LogP contribution in [0, 0.1) is 5.82 Å². The first-order valence-corrected chi connectivity index (χ1v) is 10.6. The van der Waals surface area contributed by atoms with E-state index in [1.807, 2.05) is 0 Å². The maximum atomic E-state index is 13.1. The Morgan fingerprint density at radius 1 is 1.00 bits per heavy atom. The number of nitrogens with zero attached hydrogens (tertiary/aromatic N) is 1. The number of imide groups is 1. The van der Waals surface area contributed by atoms with Crippen LogP contribution in [0.1, 0.15) is 27.0 Å². The van der Waals surface area contributed by atoms with Gasteiger partial charge in [0.05, 0.1) is 19.2 Å². The molecular weight excluding hydrogens is 455 g/mol. The van der Waals surface area contributed by atoms with Gasteiger partial charge in [-0.05, 0) is 59.2 Å². The molecule has 0 radical (unpaired) electrons. The van der Waals surface area contributed by atoms with Gasteiger partial charge in [0.1, 0.15) is 18.1 Å². The van der Waals surface area contributed by atoms with Crippen LogP contribution in [0.4, 0.5) is 9.18 Å². The lowest BCUT2D eigenvalue weighted by Gasteiger charge is -2.12. The number of hydrogen-bond donors (Lipinski definition) is 2. The first-order valence-electron chi connectivity index (χ1n) is 10.6. The van der Waals surface area contributed by atoms with E-state index in [0.717, 1.165) is 10.5 Å². The van der Waals surface area contributed by atoms with E-state index < -0.39 is 23.7 Å². The molecule has 1 aliphatic rings. The van der Waals surface area contributed by atoms with Crippen LogP contribution < -0.4 is 14.8 Å². The third-order valence-electron chi connectivity index (χ3n) is 5.31. The molecule has 0 bridgehead atoms. The average molecular weight is 476 g/mol. The van der Waals surface area contributed by atoms with E-state index in [2.05, 4.69) is 5.32 Å². The number of amides is 3. The average Bonchev–Trinajstić information content (AvgIpc) is 3.11. The Balaban J connectivity index is 1.45. The van der Waals surface area contributed by atoms with E-state index in [1.54, 1.807) is 30.3 Å². The number of carboxylic acids is 1. The van der Waals surface area contributed by atoms with Crippen LogP contribution in [0.25, 0.3) is 6.08 Å².